The lowest BCUT2D eigenvalue weighted by Crippen LogP contribution is -2.45. The largest absolute Gasteiger partial charge is 0.465 e. The van der Waals surface area contributed by atoms with Crippen molar-refractivity contribution in [2.75, 3.05) is 31.2 Å². The Morgan fingerprint density at radius 3 is 2.31 bits per heavy atom. The fourth-order valence-corrected chi connectivity index (χ4v) is 4.51. The van der Waals surface area contributed by atoms with Gasteiger partial charge in [-0.3, -0.25) is 4.90 Å². The molecule has 1 amide bonds. The zero-order valence-corrected chi connectivity index (χ0v) is 19.2. The maximum absolute atomic E-state index is 12.3. The third-order valence-electron chi connectivity index (χ3n) is 4.59. The van der Waals surface area contributed by atoms with Crippen LogP contribution in [-0.4, -0.2) is 57.5 Å². The fraction of sp³-hybridized carbons (Fsp3) is 0.409. The Labute approximate surface area is 187 Å². The lowest BCUT2D eigenvalue weighted by Gasteiger charge is -2.34. The average Bonchev–Trinajstić information content (AvgIpc) is 3.50. The van der Waals surface area contributed by atoms with Crippen molar-refractivity contribution >= 4 is 21.6 Å². The van der Waals surface area contributed by atoms with Gasteiger partial charge in [-0.15, -0.1) is 0 Å². The van der Waals surface area contributed by atoms with Gasteiger partial charge in [0.05, 0.1) is 29.0 Å². The molecule has 10 heteroatoms. The molecular weight excluding hydrogens is 438 g/mol. The van der Waals surface area contributed by atoms with Gasteiger partial charge in [0, 0.05) is 18.7 Å². The molecule has 0 aromatic heterocycles. The maximum Gasteiger partial charge on any atom is 0.412 e. The molecule has 1 N–H and O–H groups in total. The summed E-state index contributed by atoms with van der Waals surface area (Å²) in [5.74, 6) is 1.04. The SMILES string of the molecule is COCOc1cc(Oc2ccc(S(=O)(=O)CC3CO3)cc2)ccc1N(C(=O)O)C(C)(C)C. The van der Waals surface area contributed by atoms with E-state index in [9.17, 15) is 18.3 Å². The summed E-state index contributed by atoms with van der Waals surface area (Å²) in [6, 6.07) is 10.8. The normalized spacial score (nSPS) is 15.8. The third-order valence-corrected chi connectivity index (χ3v) is 6.39. The summed E-state index contributed by atoms with van der Waals surface area (Å²) in [6.45, 7) is 5.72. The van der Waals surface area contributed by atoms with Crippen LogP contribution in [0.15, 0.2) is 47.4 Å². The van der Waals surface area contributed by atoms with Crippen molar-refractivity contribution in [1.82, 2.24) is 0 Å². The van der Waals surface area contributed by atoms with Gasteiger partial charge in [0.1, 0.15) is 17.2 Å². The van der Waals surface area contributed by atoms with Crippen molar-refractivity contribution in [2.24, 2.45) is 0 Å². The first-order chi connectivity index (χ1) is 15.0. The summed E-state index contributed by atoms with van der Waals surface area (Å²) >= 11 is 0. The number of carbonyl (C=O) groups is 1. The summed E-state index contributed by atoms with van der Waals surface area (Å²) in [6.07, 6.45) is -1.35. The van der Waals surface area contributed by atoms with Crippen LogP contribution in [-0.2, 0) is 19.3 Å². The van der Waals surface area contributed by atoms with E-state index >= 15 is 0 Å². The number of ether oxygens (including phenoxy) is 4. The van der Waals surface area contributed by atoms with Crippen LogP contribution in [0.25, 0.3) is 0 Å². The smallest absolute Gasteiger partial charge is 0.412 e. The van der Waals surface area contributed by atoms with Crippen molar-refractivity contribution in [2.45, 2.75) is 37.3 Å². The monoisotopic (exact) mass is 465 g/mol. The van der Waals surface area contributed by atoms with Crippen molar-refractivity contribution in [3.8, 4) is 17.2 Å². The fourth-order valence-electron chi connectivity index (χ4n) is 3.09. The summed E-state index contributed by atoms with van der Waals surface area (Å²) < 4.78 is 46.1. The van der Waals surface area contributed by atoms with E-state index in [2.05, 4.69) is 0 Å². The second-order valence-electron chi connectivity index (χ2n) is 8.28. The molecule has 9 nitrogen and oxygen atoms in total. The second-order valence-corrected chi connectivity index (χ2v) is 10.3. The Bertz CT molecular complexity index is 1060. The van der Waals surface area contributed by atoms with E-state index in [0.717, 1.165) is 0 Å². The number of rotatable bonds is 9. The van der Waals surface area contributed by atoms with Gasteiger partial charge in [0.2, 0.25) is 0 Å². The summed E-state index contributed by atoms with van der Waals surface area (Å²) in [7, 11) is -1.95. The van der Waals surface area contributed by atoms with Crippen molar-refractivity contribution in [3.63, 3.8) is 0 Å². The molecule has 0 aliphatic carbocycles. The van der Waals surface area contributed by atoms with E-state index in [-0.39, 0.29) is 29.3 Å². The highest BCUT2D eigenvalue weighted by molar-refractivity contribution is 7.91. The quantitative estimate of drug-likeness (QED) is 0.438. The van der Waals surface area contributed by atoms with Gasteiger partial charge in [-0.1, -0.05) is 0 Å². The van der Waals surface area contributed by atoms with Crippen molar-refractivity contribution in [1.29, 1.82) is 0 Å². The zero-order chi connectivity index (χ0) is 23.5. The van der Waals surface area contributed by atoms with Gasteiger partial charge in [0.15, 0.2) is 16.6 Å². The highest BCUT2D eigenvalue weighted by Crippen LogP contribution is 2.37. The number of hydrogen-bond donors (Lipinski definition) is 1. The number of amides is 1. The Morgan fingerprint density at radius 1 is 1.16 bits per heavy atom. The first-order valence-corrected chi connectivity index (χ1v) is 11.6. The van der Waals surface area contributed by atoms with E-state index in [1.54, 1.807) is 51.1 Å². The standard InChI is InChI=1S/C22H27NO8S/c1-22(2,3)23(21(24)25)19-10-7-16(11-20(19)30-14-28-4)31-15-5-8-18(9-6-15)32(26,27)13-17-12-29-17/h5-11,17H,12-14H2,1-4H3,(H,24,25). The van der Waals surface area contributed by atoms with Crippen LogP contribution in [0.5, 0.6) is 17.2 Å². The molecule has 3 rings (SSSR count). The molecule has 1 heterocycles. The number of anilines is 1. The number of nitrogens with zero attached hydrogens (tertiary/aromatic N) is 1. The number of sulfone groups is 1. The highest BCUT2D eigenvalue weighted by atomic mass is 32.2. The average molecular weight is 466 g/mol. The lowest BCUT2D eigenvalue weighted by atomic mass is 10.1. The molecule has 1 fully saturated rings. The molecule has 174 valence electrons. The Morgan fingerprint density at radius 2 is 1.78 bits per heavy atom. The van der Waals surface area contributed by atoms with Gasteiger partial charge in [-0.25, -0.2) is 13.2 Å². The molecule has 2 aromatic carbocycles. The first-order valence-electron chi connectivity index (χ1n) is 9.92. The van der Waals surface area contributed by atoms with Crippen LogP contribution in [0.1, 0.15) is 20.8 Å². The van der Waals surface area contributed by atoms with Crippen LogP contribution >= 0.6 is 0 Å². The van der Waals surface area contributed by atoms with Crippen LogP contribution in [0.3, 0.4) is 0 Å². The van der Waals surface area contributed by atoms with Crippen molar-refractivity contribution < 1.29 is 37.3 Å². The van der Waals surface area contributed by atoms with Crippen LogP contribution in [0.2, 0.25) is 0 Å². The molecular formula is C22H27NO8S. The van der Waals surface area contributed by atoms with Gasteiger partial charge >= 0.3 is 6.09 Å². The number of methoxy groups -OCH3 is 1. The van der Waals surface area contributed by atoms with Gasteiger partial charge in [0.25, 0.3) is 0 Å². The minimum atomic E-state index is -3.42. The van der Waals surface area contributed by atoms with Crippen molar-refractivity contribution in [3.05, 3.63) is 42.5 Å². The number of benzene rings is 2. The molecule has 2 aromatic rings. The van der Waals surface area contributed by atoms with Gasteiger partial charge in [-0.2, -0.15) is 0 Å². The van der Waals surface area contributed by atoms with Crippen LogP contribution in [0, 0.1) is 0 Å². The zero-order valence-electron chi connectivity index (χ0n) is 18.4. The maximum atomic E-state index is 12.3. The van der Waals surface area contributed by atoms with E-state index in [1.165, 1.54) is 24.1 Å². The predicted molar refractivity (Wildman–Crippen MR) is 118 cm³/mol. The Balaban J connectivity index is 1.84. The number of carboxylic acid groups (broad SMARTS) is 1. The molecule has 1 aliphatic heterocycles. The third kappa shape index (κ3) is 5.90. The van der Waals surface area contributed by atoms with E-state index in [1.807, 2.05) is 0 Å². The molecule has 1 atom stereocenters. The van der Waals surface area contributed by atoms with Crippen LogP contribution in [0.4, 0.5) is 10.5 Å². The number of hydrogen-bond acceptors (Lipinski definition) is 7. The molecule has 1 unspecified atom stereocenters. The summed E-state index contributed by atoms with van der Waals surface area (Å²) in [5.41, 5.74) is -0.371. The summed E-state index contributed by atoms with van der Waals surface area (Å²) in [5, 5.41) is 9.72. The minimum Gasteiger partial charge on any atom is -0.465 e. The number of epoxide rings is 1. The first kappa shape index (κ1) is 23.8. The highest BCUT2D eigenvalue weighted by Gasteiger charge is 2.31. The molecule has 0 spiro atoms. The van der Waals surface area contributed by atoms with E-state index < -0.39 is 21.5 Å². The lowest BCUT2D eigenvalue weighted by molar-refractivity contribution is 0.0511. The van der Waals surface area contributed by atoms with Gasteiger partial charge in [-0.05, 0) is 57.2 Å². The topological polar surface area (TPSA) is 115 Å². The summed E-state index contributed by atoms with van der Waals surface area (Å²) in [4.78, 5) is 13.3. The molecule has 0 radical (unpaired) electrons. The minimum absolute atomic E-state index is 0.0390. The molecule has 0 saturated carbocycles. The molecule has 1 saturated heterocycles. The Kier molecular flexibility index (Phi) is 6.97. The second kappa shape index (κ2) is 9.35. The molecule has 1 aliphatic rings. The van der Waals surface area contributed by atoms with E-state index in [0.29, 0.717) is 23.8 Å². The Hall–Kier alpha value is -2.82. The van der Waals surface area contributed by atoms with Gasteiger partial charge < -0.3 is 24.1 Å². The van der Waals surface area contributed by atoms with E-state index in [4.69, 9.17) is 18.9 Å². The predicted octanol–water partition coefficient (Wildman–Crippen LogP) is 3.92. The molecule has 32 heavy (non-hydrogen) atoms. The molecule has 0 bridgehead atoms. The van der Waals surface area contributed by atoms with Crippen LogP contribution < -0.4 is 14.4 Å².